The molecular weight excluding hydrogens is 526 g/mol. The van der Waals surface area contributed by atoms with Crippen LogP contribution in [0.5, 0.6) is 5.75 Å². The third-order valence-electron chi connectivity index (χ3n) is 8.08. The minimum absolute atomic E-state index is 0.00674. The number of hydrogen-bond donors (Lipinski definition) is 0. The van der Waals surface area contributed by atoms with Gasteiger partial charge in [0.05, 0.1) is 18.2 Å². The molecule has 3 nitrogen and oxygen atoms in total. The first-order chi connectivity index (χ1) is 21.1. The van der Waals surface area contributed by atoms with Crippen LogP contribution < -0.4 is 4.74 Å². The fourth-order valence-corrected chi connectivity index (χ4v) is 5.24. The second kappa shape index (κ2) is 14.3. The second-order valence-corrected chi connectivity index (χ2v) is 11.0. The number of unbranched alkanes of at least 4 members (excludes halogenated alkanes) is 1. The molecule has 5 rings (SSSR count). The monoisotopic (exact) mass is 563 g/mol. The van der Waals surface area contributed by atoms with E-state index in [0.29, 0.717) is 22.6 Å². The predicted molar refractivity (Wildman–Crippen MR) is 176 cm³/mol. The lowest BCUT2D eigenvalue weighted by Crippen LogP contribution is -2.11. The molecule has 0 N–H and O–H groups in total. The average molecular weight is 564 g/mol. The van der Waals surface area contributed by atoms with Crippen LogP contribution >= 0.6 is 0 Å². The Morgan fingerprint density at radius 3 is 1.42 bits per heavy atom. The van der Waals surface area contributed by atoms with Crippen molar-refractivity contribution < 1.29 is 9.53 Å². The molecule has 214 valence electrons. The molecule has 0 spiro atoms. The number of carbonyl (C=O) groups excluding carboxylic acids is 1. The summed E-state index contributed by atoms with van der Waals surface area (Å²) in [6, 6.07) is 42.1. The summed E-state index contributed by atoms with van der Waals surface area (Å²) in [6.45, 7) is 5.15. The highest BCUT2D eigenvalue weighted by Gasteiger charge is 2.11. The van der Waals surface area contributed by atoms with E-state index in [1.807, 2.05) is 72.8 Å². The van der Waals surface area contributed by atoms with E-state index in [0.717, 1.165) is 52.2 Å². The number of ether oxygens (including phenoxy) is 1. The van der Waals surface area contributed by atoms with Gasteiger partial charge in [0, 0.05) is 11.1 Å². The fourth-order valence-electron chi connectivity index (χ4n) is 5.24. The lowest BCUT2D eigenvalue weighted by molar-refractivity contribution is 0.103. The molecule has 1 atom stereocenters. The number of nitrogens with zero attached hydrogens (tertiary/aromatic N) is 1. The summed E-state index contributed by atoms with van der Waals surface area (Å²) in [7, 11) is 0. The van der Waals surface area contributed by atoms with Gasteiger partial charge < -0.3 is 4.74 Å². The Morgan fingerprint density at radius 2 is 1.02 bits per heavy atom. The molecule has 0 bridgehead atoms. The minimum Gasteiger partial charge on any atom is -0.493 e. The summed E-state index contributed by atoms with van der Waals surface area (Å²) in [5.74, 6) is 1.39. The number of rotatable bonds is 12. The molecule has 43 heavy (non-hydrogen) atoms. The Labute approximate surface area is 255 Å². The van der Waals surface area contributed by atoms with Crippen molar-refractivity contribution in [1.29, 1.82) is 5.26 Å². The number of carbonyl (C=O) groups is 1. The van der Waals surface area contributed by atoms with Crippen LogP contribution in [0.4, 0.5) is 0 Å². The van der Waals surface area contributed by atoms with Crippen molar-refractivity contribution in [2.75, 3.05) is 6.61 Å². The molecule has 0 aliphatic heterocycles. The van der Waals surface area contributed by atoms with Crippen LogP contribution in [-0.2, 0) is 0 Å². The highest BCUT2D eigenvalue weighted by atomic mass is 16.5. The van der Waals surface area contributed by atoms with Gasteiger partial charge in [0.25, 0.3) is 0 Å². The largest absolute Gasteiger partial charge is 0.493 e. The first-order valence-electron chi connectivity index (χ1n) is 15.2. The van der Waals surface area contributed by atoms with Crippen LogP contribution in [0.1, 0.15) is 61.0 Å². The quantitative estimate of drug-likeness (QED) is 0.142. The van der Waals surface area contributed by atoms with Crippen molar-refractivity contribution in [3.8, 4) is 45.2 Å². The Morgan fingerprint density at radius 1 is 0.628 bits per heavy atom. The SMILES string of the molecule is CCCCC(CC)COc1ccc(C(=O)c2ccc(-c3ccc(-c4ccc(-c5ccc(C#N)cc5)cc4)cc3)cc2)cc1. The van der Waals surface area contributed by atoms with Crippen LogP contribution in [0.15, 0.2) is 121 Å². The highest BCUT2D eigenvalue weighted by molar-refractivity contribution is 6.09. The van der Waals surface area contributed by atoms with E-state index in [4.69, 9.17) is 10.00 Å². The molecule has 5 aromatic carbocycles. The molecule has 0 aliphatic rings. The van der Waals surface area contributed by atoms with E-state index in [2.05, 4.69) is 68.4 Å². The molecular formula is C40H37NO2. The molecule has 0 amide bonds. The van der Waals surface area contributed by atoms with Crippen molar-refractivity contribution >= 4 is 5.78 Å². The second-order valence-electron chi connectivity index (χ2n) is 11.0. The van der Waals surface area contributed by atoms with Crippen molar-refractivity contribution in [3.05, 3.63) is 138 Å². The van der Waals surface area contributed by atoms with E-state index in [-0.39, 0.29) is 5.78 Å². The Balaban J connectivity index is 1.20. The van der Waals surface area contributed by atoms with Gasteiger partial charge in [0.1, 0.15) is 5.75 Å². The lowest BCUT2D eigenvalue weighted by Gasteiger charge is -2.15. The summed E-state index contributed by atoms with van der Waals surface area (Å²) in [6.07, 6.45) is 4.75. The van der Waals surface area contributed by atoms with Gasteiger partial charge in [-0.2, -0.15) is 5.26 Å². The zero-order valence-electron chi connectivity index (χ0n) is 24.9. The summed E-state index contributed by atoms with van der Waals surface area (Å²) in [5, 5.41) is 9.02. The van der Waals surface area contributed by atoms with Crippen molar-refractivity contribution in [3.63, 3.8) is 0 Å². The fraction of sp³-hybridized carbons (Fsp3) is 0.200. The van der Waals surface area contributed by atoms with E-state index in [1.54, 1.807) is 0 Å². The first-order valence-corrected chi connectivity index (χ1v) is 15.2. The Bertz CT molecular complexity index is 1660. The third kappa shape index (κ3) is 7.48. The van der Waals surface area contributed by atoms with Gasteiger partial charge in [-0.25, -0.2) is 0 Å². The van der Waals surface area contributed by atoms with Crippen LogP contribution in [0, 0.1) is 17.2 Å². The molecule has 3 heteroatoms. The van der Waals surface area contributed by atoms with Gasteiger partial charge in [-0.1, -0.05) is 118 Å². The molecule has 0 heterocycles. The maximum absolute atomic E-state index is 13.1. The zero-order valence-corrected chi connectivity index (χ0v) is 24.9. The first kappa shape index (κ1) is 29.5. The topological polar surface area (TPSA) is 50.1 Å². The van der Waals surface area contributed by atoms with Crippen molar-refractivity contribution in [1.82, 2.24) is 0 Å². The number of ketones is 1. The molecule has 0 aliphatic carbocycles. The van der Waals surface area contributed by atoms with Crippen LogP contribution in [0.25, 0.3) is 33.4 Å². The van der Waals surface area contributed by atoms with Crippen molar-refractivity contribution in [2.45, 2.75) is 39.5 Å². The van der Waals surface area contributed by atoms with Gasteiger partial charge in [0.2, 0.25) is 0 Å². The molecule has 0 radical (unpaired) electrons. The molecule has 0 fully saturated rings. The zero-order chi connectivity index (χ0) is 30.0. The van der Waals surface area contributed by atoms with E-state index in [1.165, 1.54) is 19.3 Å². The molecule has 0 saturated carbocycles. The summed E-state index contributed by atoms with van der Waals surface area (Å²) in [4.78, 5) is 13.1. The van der Waals surface area contributed by atoms with E-state index in [9.17, 15) is 4.79 Å². The van der Waals surface area contributed by atoms with Gasteiger partial charge in [-0.05, 0) is 82.1 Å². The molecule has 0 saturated heterocycles. The standard InChI is InChI=1S/C40H37NO2/c1-3-5-6-29(4-2)28-43-39-25-23-38(24-26-39)40(42)37-21-19-36(20-22-37)35-17-15-34(16-18-35)33-13-11-32(12-14-33)31-9-7-30(27-41)8-10-31/h7-26,29H,3-6,28H2,1-2H3. The van der Waals surface area contributed by atoms with Gasteiger partial charge in [-0.15, -0.1) is 0 Å². The summed E-state index contributed by atoms with van der Waals surface area (Å²) >= 11 is 0. The smallest absolute Gasteiger partial charge is 0.193 e. The molecule has 5 aromatic rings. The van der Waals surface area contributed by atoms with Crippen LogP contribution in [-0.4, -0.2) is 12.4 Å². The van der Waals surface area contributed by atoms with E-state index >= 15 is 0 Å². The van der Waals surface area contributed by atoms with Gasteiger partial charge in [0.15, 0.2) is 5.78 Å². The minimum atomic E-state index is 0.00674. The normalized spacial score (nSPS) is 11.5. The maximum Gasteiger partial charge on any atom is 0.193 e. The highest BCUT2D eigenvalue weighted by Crippen LogP contribution is 2.28. The average Bonchev–Trinajstić information content (AvgIpc) is 3.08. The Kier molecular flexibility index (Phi) is 9.82. The van der Waals surface area contributed by atoms with Crippen LogP contribution in [0.3, 0.4) is 0 Å². The lowest BCUT2D eigenvalue weighted by atomic mass is 9.96. The Hall–Kier alpha value is -4.94. The number of nitriles is 1. The molecule has 1 unspecified atom stereocenters. The molecule has 0 aromatic heterocycles. The van der Waals surface area contributed by atoms with Crippen LogP contribution in [0.2, 0.25) is 0 Å². The van der Waals surface area contributed by atoms with Crippen molar-refractivity contribution in [2.24, 2.45) is 5.92 Å². The maximum atomic E-state index is 13.1. The van der Waals surface area contributed by atoms with Gasteiger partial charge in [-0.3, -0.25) is 4.79 Å². The van der Waals surface area contributed by atoms with E-state index < -0.39 is 0 Å². The number of hydrogen-bond acceptors (Lipinski definition) is 3. The third-order valence-corrected chi connectivity index (χ3v) is 8.08. The summed E-state index contributed by atoms with van der Waals surface area (Å²) < 4.78 is 6.01. The number of benzene rings is 5. The summed E-state index contributed by atoms with van der Waals surface area (Å²) in [5.41, 5.74) is 8.65. The predicted octanol–water partition coefficient (Wildman–Crippen LogP) is 10.4. The van der Waals surface area contributed by atoms with Gasteiger partial charge >= 0.3 is 0 Å².